The maximum absolute atomic E-state index is 14.2. The highest BCUT2D eigenvalue weighted by molar-refractivity contribution is 5.91. The van der Waals surface area contributed by atoms with E-state index in [1.54, 1.807) is 18.6 Å². The van der Waals surface area contributed by atoms with E-state index in [0.717, 1.165) is 11.0 Å². The van der Waals surface area contributed by atoms with Crippen molar-refractivity contribution in [3.05, 3.63) is 48.7 Å². The summed E-state index contributed by atoms with van der Waals surface area (Å²) in [5.41, 5.74) is 2.74. The molecule has 3 nitrogen and oxygen atoms in total. The Hall–Kier alpha value is -2.23. The number of pyridine rings is 1. The van der Waals surface area contributed by atoms with Gasteiger partial charge in [-0.25, -0.2) is 9.37 Å². The first kappa shape index (κ1) is 11.8. The summed E-state index contributed by atoms with van der Waals surface area (Å²) in [4.78, 5) is 8.59. The SMILES string of the molecule is CC(C)n1cnc2ccc(F)c(-c3ccccn3)c21. The highest BCUT2D eigenvalue weighted by Gasteiger charge is 2.16. The fraction of sp³-hybridized carbons (Fsp3) is 0.200. The first-order chi connectivity index (χ1) is 9.18. The second-order valence-corrected chi connectivity index (χ2v) is 4.75. The summed E-state index contributed by atoms with van der Waals surface area (Å²) in [6.07, 6.45) is 3.42. The Morgan fingerprint density at radius 1 is 1.11 bits per heavy atom. The van der Waals surface area contributed by atoms with Gasteiger partial charge in [0.25, 0.3) is 0 Å². The van der Waals surface area contributed by atoms with Crippen molar-refractivity contribution in [2.24, 2.45) is 0 Å². The average Bonchev–Trinajstić information content (AvgIpc) is 2.83. The highest BCUT2D eigenvalue weighted by atomic mass is 19.1. The Morgan fingerprint density at radius 2 is 1.95 bits per heavy atom. The van der Waals surface area contributed by atoms with Crippen LogP contribution in [0.5, 0.6) is 0 Å². The number of hydrogen-bond donors (Lipinski definition) is 0. The van der Waals surface area contributed by atoms with E-state index < -0.39 is 0 Å². The zero-order valence-electron chi connectivity index (χ0n) is 10.8. The summed E-state index contributed by atoms with van der Waals surface area (Å²) in [7, 11) is 0. The molecule has 1 aromatic carbocycles. The van der Waals surface area contributed by atoms with Crippen LogP contribution in [0.15, 0.2) is 42.9 Å². The van der Waals surface area contributed by atoms with Crippen LogP contribution in [0.2, 0.25) is 0 Å². The molecule has 0 atom stereocenters. The van der Waals surface area contributed by atoms with Gasteiger partial charge in [-0.1, -0.05) is 6.07 Å². The van der Waals surface area contributed by atoms with E-state index in [4.69, 9.17) is 0 Å². The fourth-order valence-electron chi connectivity index (χ4n) is 2.25. The molecule has 2 aromatic heterocycles. The van der Waals surface area contributed by atoms with Crippen LogP contribution in [-0.2, 0) is 0 Å². The maximum Gasteiger partial charge on any atom is 0.134 e. The topological polar surface area (TPSA) is 30.7 Å². The Bertz CT molecular complexity index is 717. The molecule has 0 aliphatic carbocycles. The first-order valence-electron chi connectivity index (χ1n) is 6.25. The normalized spacial score (nSPS) is 11.4. The van der Waals surface area contributed by atoms with E-state index in [1.807, 2.05) is 36.6 Å². The van der Waals surface area contributed by atoms with Crippen molar-refractivity contribution in [3.63, 3.8) is 0 Å². The molecule has 0 amide bonds. The number of fused-ring (bicyclic) bond motifs is 1. The lowest BCUT2D eigenvalue weighted by Gasteiger charge is -2.12. The van der Waals surface area contributed by atoms with Gasteiger partial charge in [-0.05, 0) is 38.1 Å². The molecule has 4 heteroatoms. The molecule has 0 N–H and O–H groups in total. The molecule has 3 aromatic rings. The molecule has 0 aliphatic heterocycles. The summed E-state index contributed by atoms with van der Waals surface area (Å²) >= 11 is 0. The van der Waals surface area contributed by atoms with E-state index in [9.17, 15) is 4.39 Å². The van der Waals surface area contributed by atoms with Gasteiger partial charge in [-0.3, -0.25) is 4.98 Å². The quantitative estimate of drug-likeness (QED) is 0.697. The molecular formula is C15H14FN3. The molecule has 0 saturated heterocycles. The number of halogens is 1. The first-order valence-corrected chi connectivity index (χ1v) is 6.25. The number of nitrogens with zero attached hydrogens (tertiary/aromatic N) is 3. The third-order valence-electron chi connectivity index (χ3n) is 3.16. The summed E-state index contributed by atoms with van der Waals surface area (Å²) in [5.74, 6) is -0.270. The molecule has 0 saturated carbocycles. The molecule has 0 spiro atoms. The largest absolute Gasteiger partial charge is 0.327 e. The summed E-state index contributed by atoms with van der Waals surface area (Å²) in [5, 5.41) is 0. The van der Waals surface area contributed by atoms with E-state index in [-0.39, 0.29) is 11.9 Å². The number of rotatable bonds is 2. The van der Waals surface area contributed by atoms with Gasteiger partial charge in [-0.15, -0.1) is 0 Å². The Balaban J connectivity index is 2.39. The number of aromatic nitrogens is 3. The lowest BCUT2D eigenvalue weighted by molar-refractivity contribution is 0.610. The van der Waals surface area contributed by atoms with Crippen molar-refractivity contribution >= 4 is 11.0 Å². The Morgan fingerprint density at radius 3 is 2.63 bits per heavy atom. The zero-order valence-corrected chi connectivity index (χ0v) is 10.8. The predicted molar refractivity (Wildman–Crippen MR) is 73.3 cm³/mol. The molecule has 2 heterocycles. The lowest BCUT2D eigenvalue weighted by atomic mass is 10.1. The molecule has 0 aliphatic rings. The Labute approximate surface area is 110 Å². The van der Waals surface area contributed by atoms with Crippen LogP contribution in [0.1, 0.15) is 19.9 Å². The third-order valence-corrected chi connectivity index (χ3v) is 3.16. The second kappa shape index (κ2) is 4.46. The molecule has 19 heavy (non-hydrogen) atoms. The smallest absolute Gasteiger partial charge is 0.134 e. The minimum absolute atomic E-state index is 0.217. The fourth-order valence-corrected chi connectivity index (χ4v) is 2.25. The van der Waals surface area contributed by atoms with Gasteiger partial charge in [0.05, 0.1) is 28.6 Å². The van der Waals surface area contributed by atoms with Crippen LogP contribution in [0, 0.1) is 5.82 Å². The van der Waals surface area contributed by atoms with Crippen molar-refractivity contribution in [1.82, 2.24) is 14.5 Å². The van der Waals surface area contributed by atoms with Gasteiger partial charge >= 0.3 is 0 Å². The number of imidazole rings is 1. The summed E-state index contributed by atoms with van der Waals surface area (Å²) < 4.78 is 16.2. The molecule has 0 bridgehead atoms. The Kier molecular flexibility index (Phi) is 2.78. The van der Waals surface area contributed by atoms with Gasteiger partial charge in [0.15, 0.2) is 0 Å². The maximum atomic E-state index is 14.2. The van der Waals surface area contributed by atoms with Gasteiger partial charge in [0.2, 0.25) is 0 Å². The lowest BCUT2D eigenvalue weighted by Crippen LogP contribution is -2.01. The van der Waals surface area contributed by atoms with Gasteiger partial charge in [0.1, 0.15) is 5.82 Å². The van der Waals surface area contributed by atoms with E-state index in [2.05, 4.69) is 9.97 Å². The summed E-state index contributed by atoms with van der Waals surface area (Å²) in [6, 6.07) is 8.86. The highest BCUT2D eigenvalue weighted by Crippen LogP contribution is 2.31. The van der Waals surface area contributed by atoms with Crippen molar-refractivity contribution in [2.45, 2.75) is 19.9 Å². The third kappa shape index (κ3) is 1.89. The van der Waals surface area contributed by atoms with Gasteiger partial charge in [-0.2, -0.15) is 0 Å². The van der Waals surface area contributed by atoms with Crippen LogP contribution in [0.4, 0.5) is 4.39 Å². The van der Waals surface area contributed by atoms with Crippen LogP contribution < -0.4 is 0 Å². The van der Waals surface area contributed by atoms with Crippen molar-refractivity contribution in [3.8, 4) is 11.3 Å². The monoisotopic (exact) mass is 255 g/mol. The van der Waals surface area contributed by atoms with Gasteiger partial charge < -0.3 is 4.57 Å². The number of benzene rings is 1. The number of hydrogen-bond acceptors (Lipinski definition) is 2. The predicted octanol–water partition coefficient (Wildman–Crippen LogP) is 3.82. The molecule has 0 unspecified atom stereocenters. The molecule has 0 radical (unpaired) electrons. The van der Waals surface area contributed by atoms with E-state index in [0.29, 0.717) is 11.3 Å². The minimum Gasteiger partial charge on any atom is -0.327 e. The van der Waals surface area contributed by atoms with Crippen LogP contribution in [0.3, 0.4) is 0 Å². The van der Waals surface area contributed by atoms with E-state index >= 15 is 0 Å². The molecule has 96 valence electrons. The zero-order chi connectivity index (χ0) is 13.4. The summed E-state index contributed by atoms with van der Waals surface area (Å²) in [6.45, 7) is 4.10. The van der Waals surface area contributed by atoms with Gasteiger partial charge in [0, 0.05) is 12.2 Å². The standard InChI is InChI=1S/C15H14FN3/c1-10(2)19-9-18-13-7-6-11(16)14(15(13)19)12-5-3-4-8-17-12/h3-10H,1-2H3. The van der Waals surface area contributed by atoms with Crippen molar-refractivity contribution < 1.29 is 4.39 Å². The van der Waals surface area contributed by atoms with Crippen molar-refractivity contribution in [1.29, 1.82) is 0 Å². The second-order valence-electron chi connectivity index (χ2n) is 4.75. The molecule has 0 fully saturated rings. The van der Waals surface area contributed by atoms with Crippen molar-refractivity contribution in [2.75, 3.05) is 0 Å². The molecular weight excluding hydrogens is 241 g/mol. The van der Waals surface area contributed by atoms with Crippen LogP contribution >= 0.6 is 0 Å². The minimum atomic E-state index is -0.270. The average molecular weight is 255 g/mol. The molecule has 3 rings (SSSR count). The van der Waals surface area contributed by atoms with E-state index in [1.165, 1.54) is 6.07 Å². The van der Waals surface area contributed by atoms with Crippen LogP contribution in [0.25, 0.3) is 22.3 Å². The van der Waals surface area contributed by atoms with Crippen LogP contribution in [-0.4, -0.2) is 14.5 Å².